The number of rotatable bonds is 3. The quantitative estimate of drug-likeness (QED) is 0.563. The summed E-state index contributed by atoms with van der Waals surface area (Å²) in [6, 6.07) is 15.8. The van der Waals surface area contributed by atoms with Gasteiger partial charge < -0.3 is 4.18 Å². The monoisotopic (exact) mass is 344 g/mol. The van der Waals surface area contributed by atoms with Gasteiger partial charge >= 0.3 is 0 Å². The maximum Gasteiger partial charge on any atom is 0.143 e. The van der Waals surface area contributed by atoms with E-state index in [0.717, 1.165) is 33.6 Å². The second-order valence-corrected chi connectivity index (χ2v) is 9.06. The standard InChI is InChI=1S/C19H17ClO2S/c1-23(2)18(8-5-13-21)19(14-9-11-15(20)12-10-14)16-6-3-4-7-17(16)22-23/h3-13H,1-2H3/b8-5+. The lowest BCUT2D eigenvalue weighted by molar-refractivity contribution is -0.104. The van der Waals surface area contributed by atoms with Gasteiger partial charge in [0.15, 0.2) is 0 Å². The molecule has 0 unspecified atom stereocenters. The molecule has 0 spiro atoms. The molecule has 2 nitrogen and oxygen atoms in total. The van der Waals surface area contributed by atoms with Crippen LogP contribution < -0.4 is 4.18 Å². The number of hydrogen-bond acceptors (Lipinski definition) is 2. The molecule has 1 aliphatic heterocycles. The number of carbonyl (C=O) groups is 1. The SMILES string of the molecule is CS1(C)Oc2ccccc2C(c2ccc(Cl)cc2)=C1/C=C/C=O. The van der Waals surface area contributed by atoms with Crippen molar-refractivity contribution in [1.29, 1.82) is 0 Å². The third-order valence-electron chi connectivity index (χ3n) is 3.69. The summed E-state index contributed by atoms with van der Waals surface area (Å²) < 4.78 is 6.24. The minimum absolute atomic E-state index is 0.700. The van der Waals surface area contributed by atoms with Crippen LogP contribution in [0, 0.1) is 0 Å². The third kappa shape index (κ3) is 3.07. The maximum atomic E-state index is 10.8. The molecule has 118 valence electrons. The van der Waals surface area contributed by atoms with E-state index in [0.29, 0.717) is 5.02 Å². The minimum Gasteiger partial charge on any atom is -0.444 e. The van der Waals surface area contributed by atoms with Crippen molar-refractivity contribution in [3.63, 3.8) is 0 Å². The average Bonchev–Trinajstić information content (AvgIpc) is 2.53. The van der Waals surface area contributed by atoms with Crippen LogP contribution in [0.1, 0.15) is 11.1 Å². The van der Waals surface area contributed by atoms with Gasteiger partial charge in [-0.25, -0.2) is 0 Å². The Morgan fingerprint density at radius 1 is 1.04 bits per heavy atom. The zero-order valence-corrected chi connectivity index (χ0v) is 14.5. The molecule has 4 heteroatoms. The zero-order chi connectivity index (χ0) is 16.4. The number of para-hydroxylation sites is 1. The summed E-state index contributed by atoms with van der Waals surface area (Å²) in [4.78, 5) is 11.9. The molecule has 0 atom stereocenters. The largest absolute Gasteiger partial charge is 0.444 e. The highest BCUT2D eigenvalue weighted by Gasteiger charge is 2.30. The number of allylic oxidation sites excluding steroid dienone is 2. The van der Waals surface area contributed by atoms with Gasteiger partial charge in [0.05, 0.1) is 0 Å². The highest BCUT2D eigenvalue weighted by molar-refractivity contribution is 8.32. The molecule has 23 heavy (non-hydrogen) atoms. The fourth-order valence-electron chi connectivity index (χ4n) is 2.68. The van der Waals surface area contributed by atoms with Gasteiger partial charge in [0.1, 0.15) is 12.0 Å². The van der Waals surface area contributed by atoms with Gasteiger partial charge in [-0.15, -0.1) is 0 Å². The Bertz CT molecular complexity index is 804. The molecule has 0 fully saturated rings. The van der Waals surface area contributed by atoms with E-state index in [1.807, 2.05) is 54.6 Å². The van der Waals surface area contributed by atoms with Gasteiger partial charge in [0, 0.05) is 33.6 Å². The normalized spacial score (nSPS) is 17.5. The van der Waals surface area contributed by atoms with Crippen LogP contribution in [0.2, 0.25) is 5.02 Å². The Kier molecular flexibility index (Phi) is 4.33. The first-order chi connectivity index (χ1) is 11.0. The average molecular weight is 345 g/mol. The van der Waals surface area contributed by atoms with Gasteiger partial charge in [-0.2, -0.15) is 0 Å². The summed E-state index contributed by atoms with van der Waals surface area (Å²) in [5.74, 6) is 0.876. The van der Waals surface area contributed by atoms with E-state index in [9.17, 15) is 4.79 Å². The van der Waals surface area contributed by atoms with E-state index in [1.165, 1.54) is 6.08 Å². The van der Waals surface area contributed by atoms with Gasteiger partial charge in [-0.3, -0.25) is 4.79 Å². The van der Waals surface area contributed by atoms with Crippen LogP contribution in [0.25, 0.3) is 5.57 Å². The molecule has 1 heterocycles. The molecule has 0 aliphatic carbocycles. The summed E-state index contributed by atoms with van der Waals surface area (Å²) in [7, 11) is -1.52. The van der Waals surface area contributed by atoms with Crippen LogP contribution in [0.3, 0.4) is 0 Å². The number of benzene rings is 2. The van der Waals surface area contributed by atoms with E-state index in [-0.39, 0.29) is 0 Å². The molecule has 2 aromatic carbocycles. The van der Waals surface area contributed by atoms with E-state index < -0.39 is 10.3 Å². The summed E-state index contributed by atoms with van der Waals surface area (Å²) in [5.41, 5.74) is 3.20. The van der Waals surface area contributed by atoms with E-state index in [4.69, 9.17) is 15.8 Å². The smallest absolute Gasteiger partial charge is 0.143 e. The lowest BCUT2D eigenvalue weighted by Gasteiger charge is -2.39. The molecule has 0 saturated carbocycles. The predicted molar refractivity (Wildman–Crippen MR) is 99.2 cm³/mol. The Morgan fingerprint density at radius 3 is 2.43 bits per heavy atom. The summed E-state index contributed by atoms with van der Waals surface area (Å²) in [6.07, 6.45) is 8.36. The fourth-order valence-corrected chi connectivity index (χ4v) is 4.62. The molecule has 2 aromatic rings. The van der Waals surface area contributed by atoms with Gasteiger partial charge in [-0.1, -0.05) is 52.2 Å². The lowest BCUT2D eigenvalue weighted by Crippen LogP contribution is -2.14. The molecule has 0 N–H and O–H groups in total. The second-order valence-electron chi connectivity index (χ2n) is 5.55. The first-order valence-corrected chi connectivity index (χ1v) is 9.92. The number of aldehydes is 1. The van der Waals surface area contributed by atoms with Gasteiger partial charge in [0.25, 0.3) is 0 Å². The second kappa shape index (κ2) is 6.26. The van der Waals surface area contributed by atoms with E-state index >= 15 is 0 Å². The molecule has 0 bridgehead atoms. The molecular formula is C19H17ClO2S. The van der Waals surface area contributed by atoms with Crippen molar-refractivity contribution in [2.75, 3.05) is 12.5 Å². The van der Waals surface area contributed by atoms with E-state index in [1.54, 1.807) is 0 Å². The Labute approximate surface area is 143 Å². The van der Waals surface area contributed by atoms with Crippen molar-refractivity contribution in [2.24, 2.45) is 0 Å². The Balaban J connectivity index is 2.32. The molecule has 0 saturated heterocycles. The summed E-state index contributed by atoms with van der Waals surface area (Å²) >= 11 is 6.03. The van der Waals surface area contributed by atoms with Crippen LogP contribution in [0.4, 0.5) is 0 Å². The fraction of sp³-hybridized carbons (Fsp3) is 0.105. The van der Waals surface area contributed by atoms with Crippen LogP contribution in [0.15, 0.2) is 65.6 Å². The van der Waals surface area contributed by atoms with Gasteiger partial charge in [0.2, 0.25) is 0 Å². The molecule has 0 aromatic heterocycles. The summed E-state index contributed by atoms with van der Waals surface area (Å²) in [6.45, 7) is 0. The number of fused-ring (bicyclic) bond motifs is 1. The first kappa shape index (κ1) is 15.9. The van der Waals surface area contributed by atoms with Crippen molar-refractivity contribution in [3.05, 3.63) is 81.7 Å². The zero-order valence-electron chi connectivity index (χ0n) is 13.0. The molecule has 0 radical (unpaired) electrons. The lowest BCUT2D eigenvalue weighted by atomic mass is 9.96. The van der Waals surface area contributed by atoms with Gasteiger partial charge in [-0.05, 0) is 35.9 Å². The Morgan fingerprint density at radius 2 is 1.74 bits per heavy atom. The number of carbonyl (C=O) groups excluding carboxylic acids is 1. The number of halogens is 1. The molecular weight excluding hydrogens is 328 g/mol. The Hall–Kier alpha value is -1.97. The van der Waals surface area contributed by atoms with Crippen molar-refractivity contribution in [2.45, 2.75) is 0 Å². The molecule has 0 amide bonds. The van der Waals surface area contributed by atoms with Crippen LogP contribution in [-0.2, 0) is 4.79 Å². The minimum atomic E-state index is -1.52. The van der Waals surface area contributed by atoms with Crippen molar-refractivity contribution in [1.82, 2.24) is 0 Å². The maximum absolute atomic E-state index is 10.8. The van der Waals surface area contributed by atoms with Crippen LogP contribution >= 0.6 is 21.9 Å². The first-order valence-electron chi connectivity index (χ1n) is 7.17. The van der Waals surface area contributed by atoms with Crippen LogP contribution in [0.5, 0.6) is 5.75 Å². The topological polar surface area (TPSA) is 26.3 Å². The third-order valence-corrected chi connectivity index (χ3v) is 5.94. The van der Waals surface area contributed by atoms with Crippen molar-refractivity contribution >= 4 is 33.8 Å². The van der Waals surface area contributed by atoms with Crippen molar-refractivity contribution < 1.29 is 8.98 Å². The van der Waals surface area contributed by atoms with Crippen LogP contribution in [-0.4, -0.2) is 18.8 Å². The highest BCUT2D eigenvalue weighted by Crippen LogP contribution is 2.59. The van der Waals surface area contributed by atoms with Crippen molar-refractivity contribution in [3.8, 4) is 5.75 Å². The predicted octanol–water partition coefficient (Wildman–Crippen LogP) is 5.23. The molecule has 1 aliphatic rings. The molecule has 3 rings (SSSR count). The van der Waals surface area contributed by atoms with E-state index in [2.05, 4.69) is 12.5 Å². The number of hydrogen-bond donors (Lipinski definition) is 0. The highest BCUT2D eigenvalue weighted by atomic mass is 35.5. The summed E-state index contributed by atoms with van der Waals surface area (Å²) in [5, 5.41) is 0.700.